The van der Waals surface area contributed by atoms with Crippen LogP contribution in [0, 0.1) is 17.7 Å². The Morgan fingerprint density at radius 2 is 1.75 bits per heavy atom. The molecule has 5 heteroatoms. The number of carboxylic acid groups (broad SMARTS) is 1. The van der Waals surface area contributed by atoms with Crippen LogP contribution < -0.4 is 0 Å². The summed E-state index contributed by atoms with van der Waals surface area (Å²) in [5.41, 5.74) is 2.00. The van der Waals surface area contributed by atoms with Crippen LogP contribution in [0.1, 0.15) is 56.7 Å². The number of rotatable bonds is 2. The van der Waals surface area contributed by atoms with Crippen molar-refractivity contribution >= 4 is 11.9 Å². The molecule has 0 aromatic heterocycles. The maximum Gasteiger partial charge on any atom is 0.306 e. The molecular weight excluding hydrogens is 309 g/mol. The highest BCUT2D eigenvalue weighted by atomic mass is 19.1. The number of nitrogens with zero attached hydrogens (tertiary/aromatic N) is 1. The highest BCUT2D eigenvalue weighted by molar-refractivity contribution is 5.80. The van der Waals surface area contributed by atoms with E-state index in [1.165, 1.54) is 6.07 Å². The van der Waals surface area contributed by atoms with Gasteiger partial charge in [-0.1, -0.05) is 6.07 Å². The third kappa shape index (κ3) is 3.04. The Morgan fingerprint density at radius 1 is 1.12 bits per heavy atom. The van der Waals surface area contributed by atoms with Gasteiger partial charge in [-0.3, -0.25) is 9.59 Å². The number of carboxylic acids is 1. The summed E-state index contributed by atoms with van der Waals surface area (Å²) < 4.78 is 13.5. The largest absolute Gasteiger partial charge is 0.481 e. The number of hydrogen-bond acceptors (Lipinski definition) is 2. The molecule has 130 valence electrons. The lowest BCUT2D eigenvalue weighted by atomic mass is 9.80. The van der Waals surface area contributed by atoms with Crippen LogP contribution in [0.3, 0.4) is 0 Å². The maximum absolute atomic E-state index is 13.5. The molecule has 2 atom stereocenters. The summed E-state index contributed by atoms with van der Waals surface area (Å²) in [6.45, 7) is 4.00. The van der Waals surface area contributed by atoms with E-state index >= 15 is 0 Å². The fraction of sp³-hybridized carbons (Fsp3) is 0.579. The zero-order valence-electron chi connectivity index (χ0n) is 14.2. The van der Waals surface area contributed by atoms with Crippen molar-refractivity contribution in [2.45, 2.75) is 58.0 Å². The Hall–Kier alpha value is -1.91. The standard InChI is InChI=1S/C19H24FNO3/c1-11-9-15-10-16(20)7-8-17(15)12(2)21(11)18(22)13-3-5-14(6-4-13)19(23)24/h7-8,10-14H,3-6,9H2,1-2H3,(H,23,24). The van der Waals surface area contributed by atoms with E-state index in [4.69, 9.17) is 5.11 Å². The molecule has 2 unspecified atom stereocenters. The normalized spacial score (nSPS) is 29.9. The van der Waals surface area contributed by atoms with Gasteiger partial charge in [-0.25, -0.2) is 4.39 Å². The first kappa shape index (κ1) is 16.9. The van der Waals surface area contributed by atoms with Crippen LogP contribution >= 0.6 is 0 Å². The Labute approximate surface area is 141 Å². The van der Waals surface area contributed by atoms with Crippen LogP contribution in [0.5, 0.6) is 0 Å². The van der Waals surface area contributed by atoms with Crippen LogP contribution in [0.4, 0.5) is 4.39 Å². The first-order valence-electron chi connectivity index (χ1n) is 8.71. The minimum atomic E-state index is -0.753. The average molecular weight is 333 g/mol. The van der Waals surface area contributed by atoms with Gasteiger partial charge >= 0.3 is 5.97 Å². The number of halogens is 1. The number of carbonyl (C=O) groups is 2. The molecule has 24 heavy (non-hydrogen) atoms. The van der Waals surface area contributed by atoms with E-state index in [1.54, 1.807) is 12.1 Å². The number of carbonyl (C=O) groups excluding carboxylic acids is 1. The van der Waals surface area contributed by atoms with Gasteiger partial charge in [0.2, 0.25) is 5.91 Å². The van der Waals surface area contributed by atoms with Crippen molar-refractivity contribution in [1.82, 2.24) is 4.90 Å². The van der Waals surface area contributed by atoms with Crippen molar-refractivity contribution < 1.29 is 19.1 Å². The van der Waals surface area contributed by atoms with E-state index < -0.39 is 5.97 Å². The number of amides is 1. The molecule has 0 bridgehead atoms. The molecule has 0 radical (unpaired) electrons. The lowest BCUT2D eigenvalue weighted by molar-refractivity contribution is -0.147. The van der Waals surface area contributed by atoms with Crippen LogP contribution in [0.15, 0.2) is 18.2 Å². The fourth-order valence-corrected chi connectivity index (χ4v) is 4.31. The zero-order valence-corrected chi connectivity index (χ0v) is 14.2. The number of fused-ring (bicyclic) bond motifs is 1. The molecule has 1 aliphatic carbocycles. The molecule has 1 amide bonds. The van der Waals surface area contributed by atoms with Gasteiger partial charge in [0.05, 0.1) is 12.0 Å². The molecule has 1 aliphatic heterocycles. The van der Waals surface area contributed by atoms with Gasteiger partial charge in [0.15, 0.2) is 0 Å². The molecule has 1 heterocycles. The third-order valence-corrected chi connectivity index (χ3v) is 5.64. The number of hydrogen-bond donors (Lipinski definition) is 1. The summed E-state index contributed by atoms with van der Waals surface area (Å²) >= 11 is 0. The van der Waals surface area contributed by atoms with E-state index in [0.29, 0.717) is 32.1 Å². The second-order valence-corrected chi connectivity index (χ2v) is 7.20. The first-order chi connectivity index (χ1) is 11.4. The summed E-state index contributed by atoms with van der Waals surface area (Å²) in [5, 5.41) is 9.10. The quantitative estimate of drug-likeness (QED) is 0.900. The van der Waals surface area contributed by atoms with Crippen molar-refractivity contribution in [2.75, 3.05) is 0 Å². The molecule has 0 spiro atoms. The summed E-state index contributed by atoms with van der Waals surface area (Å²) in [5.74, 6) is -1.27. The summed E-state index contributed by atoms with van der Waals surface area (Å²) in [7, 11) is 0. The summed E-state index contributed by atoms with van der Waals surface area (Å²) in [4.78, 5) is 26.0. The van der Waals surface area contributed by atoms with Crippen LogP contribution in [-0.2, 0) is 16.0 Å². The highest BCUT2D eigenvalue weighted by Crippen LogP contribution is 2.37. The minimum absolute atomic E-state index is 0.0268. The molecule has 1 saturated carbocycles. The molecule has 1 N–H and O–H groups in total. The molecule has 1 fully saturated rings. The second kappa shape index (κ2) is 6.54. The number of aliphatic carboxylic acids is 1. The molecular formula is C19H24FNO3. The average Bonchev–Trinajstić information content (AvgIpc) is 2.54. The predicted octanol–water partition coefficient (Wildman–Crippen LogP) is 3.55. The highest BCUT2D eigenvalue weighted by Gasteiger charge is 2.38. The molecule has 0 saturated heterocycles. The third-order valence-electron chi connectivity index (χ3n) is 5.64. The van der Waals surface area contributed by atoms with Crippen molar-refractivity contribution in [3.8, 4) is 0 Å². The van der Waals surface area contributed by atoms with E-state index in [2.05, 4.69) is 0 Å². The fourth-order valence-electron chi connectivity index (χ4n) is 4.31. The van der Waals surface area contributed by atoms with Crippen molar-refractivity contribution in [2.24, 2.45) is 11.8 Å². The van der Waals surface area contributed by atoms with E-state index in [1.807, 2.05) is 18.7 Å². The molecule has 2 aliphatic rings. The Bertz CT molecular complexity index is 652. The van der Waals surface area contributed by atoms with Gasteiger partial charge in [0, 0.05) is 12.0 Å². The van der Waals surface area contributed by atoms with Gasteiger partial charge in [-0.2, -0.15) is 0 Å². The van der Waals surface area contributed by atoms with Gasteiger partial charge in [0.1, 0.15) is 5.82 Å². The van der Waals surface area contributed by atoms with E-state index in [0.717, 1.165) is 11.1 Å². The zero-order chi connectivity index (χ0) is 17.4. The van der Waals surface area contributed by atoms with Crippen molar-refractivity contribution in [1.29, 1.82) is 0 Å². The van der Waals surface area contributed by atoms with Crippen LogP contribution in [0.2, 0.25) is 0 Å². The predicted molar refractivity (Wildman–Crippen MR) is 87.9 cm³/mol. The van der Waals surface area contributed by atoms with Gasteiger partial charge in [-0.05, 0) is 69.2 Å². The Morgan fingerprint density at radius 3 is 2.38 bits per heavy atom. The Balaban J connectivity index is 1.76. The smallest absolute Gasteiger partial charge is 0.306 e. The molecule has 1 aromatic carbocycles. The lowest BCUT2D eigenvalue weighted by Gasteiger charge is -2.43. The van der Waals surface area contributed by atoms with E-state index in [-0.39, 0.29) is 35.6 Å². The Kier molecular flexibility index (Phi) is 4.61. The minimum Gasteiger partial charge on any atom is -0.481 e. The molecule has 1 aromatic rings. The molecule has 4 nitrogen and oxygen atoms in total. The number of benzene rings is 1. The lowest BCUT2D eigenvalue weighted by Crippen LogP contribution is -2.48. The maximum atomic E-state index is 13.5. The van der Waals surface area contributed by atoms with Crippen LogP contribution in [-0.4, -0.2) is 27.9 Å². The van der Waals surface area contributed by atoms with Crippen molar-refractivity contribution in [3.05, 3.63) is 35.1 Å². The second-order valence-electron chi connectivity index (χ2n) is 7.20. The summed E-state index contributed by atoms with van der Waals surface area (Å²) in [6, 6.07) is 4.75. The summed E-state index contributed by atoms with van der Waals surface area (Å²) in [6.07, 6.45) is 3.09. The van der Waals surface area contributed by atoms with Gasteiger partial charge < -0.3 is 10.0 Å². The molecule has 3 rings (SSSR count). The van der Waals surface area contributed by atoms with Gasteiger partial charge in [0.25, 0.3) is 0 Å². The first-order valence-corrected chi connectivity index (χ1v) is 8.71. The SMILES string of the molecule is CC1Cc2cc(F)ccc2C(C)N1C(=O)C1CCC(C(=O)O)CC1. The van der Waals surface area contributed by atoms with E-state index in [9.17, 15) is 14.0 Å². The monoisotopic (exact) mass is 333 g/mol. The van der Waals surface area contributed by atoms with Crippen LogP contribution in [0.25, 0.3) is 0 Å². The topological polar surface area (TPSA) is 57.6 Å². The van der Waals surface area contributed by atoms with Crippen molar-refractivity contribution in [3.63, 3.8) is 0 Å². The van der Waals surface area contributed by atoms with Gasteiger partial charge in [-0.15, -0.1) is 0 Å².